The Labute approximate surface area is 211 Å². The Morgan fingerprint density at radius 3 is 2.67 bits per heavy atom. The lowest BCUT2D eigenvalue weighted by Crippen LogP contribution is -2.61. The van der Waals surface area contributed by atoms with E-state index in [1.54, 1.807) is 12.1 Å². The minimum Gasteiger partial charge on any atom is -0.367 e. The molecule has 0 bridgehead atoms. The highest BCUT2D eigenvalue weighted by molar-refractivity contribution is 5.82. The van der Waals surface area contributed by atoms with Crippen molar-refractivity contribution in [1.29, 1.82) is 5.26 Å². The van der Waals surface area contributed by atoms with Gasteiger partial charge in [-0.1, -0.05) is 18.6 Å². The summed E-state index contributed by atoms with van der Waals surface area (Å²) in [6.45, 7) is 5.60. The molecule has 0 aromatic heterocycles. The zero-order chi connectivity index (χ0) is 25.1. The molecule has 0 aliphatic carbocycles. The first-order valence-corrected chi connectivity index (χ1v) is 12.8. The van der Waals surface area contributed by atoms with Gasteiger partial charge in [0.2, 0.25) is 5.91 Å². The van der Waals surface area contributed by atoms with Gasteiger partial charge < -0.3 is 20.0 Å². The van der Waals surface area contributed by atoms with E-state index < -0.39 is 0 Å². The van der Waals surface area contributed by atoms with Gasteiger partial charge in [-0.25, -0.2) is 0 Å². The van der Waals surface area contributed by atoms with Crippen LogP contribution in [-0.4, -0.2) is 67.6 Å². The first-order valence-electron chi connectivity index (χ1n) is 12.8. The molecule has 2 fully saturated rings. The molecule has 2 atom stereocenters. The Balaban J connectivity index is 1.38. The van der Waals surface area contributed by atoms with Crippen LogP contribution < -0.4 is 15.1 Å². The maximum absolute atomic E-state index is 13.5. The van der Waals surface area contributed by atoms with E-state index in [0.717, 1.165) is 36.6 Å². The summed E-state index contributed by atoms with van der Waals surface area (Å²) in [4.78, 5) is 31.4. The molecule has 2 saturated heterocycles. The Hall–Kier alpha value is -3.64. The summed E-state index contributed by atoms with van der Waals surface area (Å²) in [5.74, 6) is -0.340. The lowest BCUT2D eigenvalue weighted by Gasteiger charge is -2.49. The predicted octanol–water partition coefficient (Wildman–Crippen LogP) is 2.94. The van der Waals surface area contributed by atoms with Crippen molar-refractivity contribution in [3.8, 4) is 6.07 Å². The van der Waals surface area contributed by atoms with Crippen molar-refractivity contribution < 1.29 is 9.72 Å². The normalized spacial score (nSPS) is 21.8. The summed E-state index contributed by atoms with van der Waals surface area (Å²) < 4.78 is 0. The van der Waals surface area contributed by atoms with Gasteiger partial charge in [0.15, 0.2) is 0 Å². The smallest absolute Gasteiger partial charge is 0.269 e. The largest absolute Gasteiger partial charge is 0.367 e. The molecule has 1 N–H and O–H groups in total. The summed E-state index contributed by atoms with van der Waals surface area (Å²) in [7, 11) is 0. The number of piperidine rings is 1. The molecule has 0 unspecified atom stereocenters. The van der Waals surface area contributed by atoms with Crippen LogP contribution in [0.15, 0.2) is 42.5 Å². The number of nitro benzene ring substituents is 1. The van der Waals surface area contributed by atoms with E-state index in [9.17, 15) is 20.2 Å². The Bertz CT molecular complexity index is 1170. The van der Waals surface area contributed by atoms with Crippen molar-refractivity contribution in [2.75, 3.05) is 55.6 Å². The van der Waals surface area contributed by atoms with Crippen LogP contribution in [0.3, 0.4) is 0 Å². The van der Waals surface area contributed by atoms with Crippen LogP contribution >= 0.6 is 0 Å². The third-order valence-corrected chi connectivity index (χ3v) is 7.78. The second-order valence-electron chi connectivity index (χ2n) is 9.91. The number of nitro groups is 1. The number of nitrogens with one attached hydrogen (secondary N) is 1. The molecular formula is C27H32N6O3. The highest BCUT2D eigenvalue weighted by atomic mass is 16.6. The Morgan fingerprint density at radius 2 is 1.89 bits per heavy atom. The van der Waals surface area contributed by atoms with Crippen molar-refractivity contribution in [1.82, 2.24) is 10.2 Å². The monoisotopic (exact) mass is 488 g/mol. The van der Waals surface area contributed by atoms with Gasteiger partial charge in [0.25, 0.3) is 5.69 Å². The van der Waals surface area contributed by atoms with E-state index in [1.807, 2.05) is 30.3 Å². The number of piperazine rings is 1. The van der Waals surface area contributed by atoms with E-state index in [-0.39, 0.29) is 28.5 Å². The van der Waals surface area contributed by atoms with Crippen LogP contribution in [0, 0.1) is 27.4 Å². The predicted molar refractivity (Wildman–Crippen MR) is 138 cm³/mol. The molecule has 5 rings (SSSR count). The summed E-state index contributed by atoms with van der Waals surface area (Å²) in [5, 5.41) is 24.2. The molecule has 3 heterocycles. The molecule has 2 aromatic rings. The minimum atomic E-state index is -0.378. The lowest BCUT2D eigenvalue weighted by molar-refractivity contribution is -0.384. The van der Waals surface area contributed by atoms with Gasteiger partial charge >= 0.3 is 0 Å². The van der Waals surface area contributed by atoms with Crippen LogP contribution in [0.1, 0.15) is 30.4 Å². The van der Waals surface area contributed by atoms with Gasteiger partial charge in [-0.3, -0.25) is 14.9 Å². The fourth-order valence-electron chi connectivity index (χ4n) is 5.94. The molecule has 0 radical (unpaired) electrons. The van der Waals surface area contributed by atoms with E-state index in [0.29, 0.717) is 38.2 Å². The number of likely N-dealkylation sites (tertiary alicyclic amines) is 1. The number of para-hydroxylation sites is 1. The number of carbonyl (C=O) groups excluding carboxylic acids is 1. The fourth-order valence-corrected chi connectivity index (χ4v) is 5.94. The summed E-state index contributed by atoms with van der Waals surface area (Å²) in [5.41, 5.74) is 3.38. The van der Waals surface area contributed by atoms with Crippen molar-refractivity contribution in [3.05, 3.63) is 63.7 Å². The van der Waals surface area contributed by atoms with E-state index in [2.05, 4.69) is 26.1 Å². The van der Waals surface area contributed by atoms with Gasteiger partial charge in [0.05, 0.1) is 28.1 Å². The molecule has 188 valence electrons. The second-order valence-corrected chi connectivity index (χ2v) is 9.91. The molecule has 0 spiro atoms. The molecule has 36 heavy (non-hydrogen) atoms. The van der Waals surface area contributed by atoms with E-state index >= 15 is 0 Å². The maximum Gasteiger partial charge on any atom is 0.269 e. The Kier molecular flexibility index (Phi) is 7.05. The molecular weight excluding hydrogens is 456 g/mol. The standard InChI is InChI=1S/C27H32N6O3/c28-18-20-6-2-3-7-24(20)31-14-15-32-25-9-8-22(33(35)36)16-21(25)17-23(26(32)19-31)27(34)29-10-13-30-11-4-1-5-12-30/h2-3,6-9,16,23,26H,1,4-5,10-15,17,19H2,(H,29,34)/t23-,26-/m0/s1. The zero-order valence-corrected chi connectivity index (χ0v) is 20.4. The molecule has 2 aromatic carbocycles. The minimum absolute atomic E-state index is 0.00501. The number of amides is 1. The fraction of sp³-hybridized carbons (Fsp3) is 0.481. The highest BCUT2D eigenvalue weighted by Crippen LogP contribution is 2.39. The average molecular weight is 489 g/mol. The number of hydrogen-bond donors (Lipinski definition) is 1. The van der Waals surface area contributed by atoms with Crippen LogP contribution in [0.25, 0.3) is 0 Å². The number of hydrogen-bond acceptors (Lipinski definition) is 7. The first kappa shape index (κ1) is 24.1. The number of anilines is 2. The quantitative estimate of drug-likeness (QED) is 0.492. The number of nitrogens with zero attached hydrogens (tertiary/aromatic N) is 5. The number of benzene rings is 2. The van der Waals surface area contributed by atoms with Gasteiger partial charge in [-0.05, 0) is 56.1 Å². The van der Waals surface area contributed by atoms with Crippen LogP contribution in [0.5, 0.6) is 0 Å². The Morgan fingerprint density at radius 1 is 1.08 bits per heavy atom. The molecule has 1 amide bonds. The second kappa shape index (κ2) is 10.5. The number of fused-ring (bicyclic) bond motifs is 3. The van der Waals surface area contributed by atoms with Gasteiger partial charge in [-0.2, -0.15) is 5.26 Å². The van der Waals surface area contributed by atoms with E-state index in [4.69, 9.17) is 0 Å². The number of rotatable bonds is 6. The maximum atomic E-state index is 13.5. The summed E-state index contributed by atoms with van der Waals surface area (Å²) in [6, 6.07) is 14.8. The van der Waals surface area contributed by atoms with Crippen molar-refractivity contribution in [3.63, 3.8) is 0 Å². The van der Waals surface area contributed by atoms with Gasteiger partial charge in [0, 0.05) is 50.5 Å². The molecule has 9 heteroatoms. The third kappa shape index (κ3) is 4.86. The van der Waals surface area contributed by atoms with Crippen LogP contribution in [0.2, 0.25) is 0 Å². The lowest BCUT2D eigenvalue weighted by atomic mass is 9.83. The number of nitriles is 1. The van der Waals surface area contributed by atoms with Crippen molar-refractivity contribution >= 4 is 23.0 Å². The van der Waals surface area contributed by atoms with Gasteiger partial charge in [-0.15, -0.1) is 0 Å². The molecule has 3 aliphatic rings. The average Bonchev–Trinajstić information content (AvgIpc) is 2.92. The van der Waals surface area contributed by atoms with Crippen LogP contribution in [-0.2, 0) is 11.2 Å². The SMILES string of the molecule is N#Cc1ccccc1N1CCN2c3ccc([N+](=O)[O-])cc3C[C@H](C(=O)NCCN3CCCCC3)[C@@H]2C1. The summed E-state index contributed by atoms with van der Waals surface area (Å²) >= 11 is 0. The van der Waals surface area contributed by atoms with Crippen molar-refractivity contribution in [2.24, 2.45) is 5.92 Å². The topological polar surface area (TPSA) is 106 Å². The van der Waals surface area contributed by atoms with Crippen molar-refractivity contribution in [2.45, 2.75) is 31.7 Å². The highest BCUT2D eigenvalue weighted by Gasteiger charge is 2.42. The third-order valence-electron chi connectivity index (χ3n) is 7.78. The van der Waals surface area contributed by atoms with Gasteiger partial charge in [0.1, 0.15) is 6.07 Å². The first-order chi connectivity index (χ1) is 17.5. The van der Waals surface area contributed by atoms with Crippen LogP contribution in [0.4, 0.5) is 17.1 Å². The molecule has 3 aliphatic heterocycles. The summed E-state index contributed by atoms with van der Waals surface area (Å²) in [6.07, 6.45) is 4.16. The van der Waals surface area contributed by atoms with E-state index in [1.165, 1.54) is 19.3 Å². The number of non-ortho nitro benzene ring substituents is 1. The molecule has 9 nitrogen and oxygen atoms in total. The molecule has 0 saturated carbocycles. The zero-order valence-electron chi connectivity index (χ0n) is 20.4. The number of carbonyl (C=O) groups is 1.